The molecule has 1 aromatic heterocycles. The van der Waals surface area contributed by atoms with Gasteiger partial charge in [0.2, 0.25) is 0 Å². The summed E-state index contributed by atoms with van der Waals surface area (Å²) in [5.41, 5.74) is -0.208. The first-order chi connectivity index (χ1) is 6.65. The molecule has 6 heteroatoms. The zero-order valence-electron chi connectivity index (χ0n) is 8.47. The number of hydrogen-bond donors (Lipinski definition) is 2. The van der Waals surface area contributed by atoms with E-state index in [9.17, 15) is 9.90 Å². The minimum atomic E-state index is -0.581. The molecule has 0 saturated carbocycles. The zero-order chi connectivity index (χ0) is 10.6. The van der Waals surface area contributed by atoms with Crippen molar-refractivity contribution in [1.29, 1.82) is 0 Å². The SMILES string of the molecule is CCNCC(O)Cn1ncn(C)c1=O. The lowest BCUT2D eigenvalue weighted by atomic mass is 10.3. The number of nitrogens with one attached hydrogen (secondary N) is 1. The lowest BCUT2D eigenvalue weighted by Gasteiger charge is -2.09. The van der Waals surface area contributed by atoms with Crippen LogP contribution in [0.15, 0.2) is 11.1 Å². The van der Waals surface area contributed by atoms with Crippen LogP contribution < -0.4 is 11.0 Å². The number of aryl methyl sites for hydroxylation is 1. The molecule has 0 spiro atoms. The zero-order valence-corrected chi connectivity index (χ0v) is 8.47. The molecule has 1 heterocycles. The highest BCUT2D eigenvalue weighted by molar-refractivity contribution is 4.68. The van der Waals surface area contributed by atoms with Crippen LogP contribution in [0.4, 0.5) is 0 Å². The maximum Gasteiger partial charge on any atom is 0.345 e. The Morgan fingerprint density at radius 2 is 2.43 bits per heavy atom. The third-order valence-corrected chi connectivity index (χ3v) is 1.90. The Balaban J connectivity index is 2.52. The van der Waals surface area contributed by atoms with E-state index < -0.39 is 6.10 Å². The number of rotatable bonds is 5. The lowest BCUT2D eigenvalue weighted by molar-refractivity contribution is 0.146. The molecule has 0 aliphatic carbocycles. The summed E-state index contributed by atoms with van der Waals surface area (Å²) in [5, 5.41) is 16.3. The van der Waals surface area contributed by atoms with Crippen LogP contribution in [-0.2, 0) is 13.6 Å². The van der Waals surface area contributed by atoms with E-state index in [1.54, 1.807) is 7.05 Å². The van der Waals surface area contributed by atoms with Crippen LogP contribution >= 0.6 is 0 Å². The van der Waals surface area contributed by atoms with Crippen LogP contribution in [0.3, 0.4) is 0 Å². The molecular formula is C8H16N4O2. The summed E-state index contributed by atoms with van der Waals surface area (Å²) in [6.45, 7) is 3.46. The Bertz CT molecular complexity index is 330. The minimum Gasteiger partial charge on any atom is -0.390 e. The van der Waals surface area contributed by atoms with E-state index in [4.69, 9.17) is 0 Å². The van der Waals surface area contributed by atoms with E-state index in [-0.39, 0.29) is 12.2 Å². The predicted molar refractivity (Wildman–Crippen MR) is 52.0 cm³/mol. The number of aliphatic hydroxyl groups excluding tert-OH is 1. The molecular weight excluding hydrogens is 184 g/mol. The van der Waals surface area contributed by atoms with Gasteiger partial charge in [0.1, 0.15) is 6.33 Å². The molecule has 1 rings (SSSR count). The van der Waals surface area contributed by atoms with Gasteiger partial charge in [-0.05, 0) is 6.54 Å². The molecule has 0 bridgehead atoms. The molecule has 0 fully saturated rings. The molecule has 2 N–H and O–H groups in total. The fourth-order valence-corrected chi connectivity index (χ4v) is 1.12. The van der Waals surface area contributed by atoms with E-state index in [0.29, 0.717) is 6.54 Å². The Kier molecular flexibility index (Phi) is 3.84. The second kappa shape index (κ2) is 4.92. The first-order valence-corrected chi connectivity index (χ1v) is 4.62. The Hall–Kier alpha value is -1.14. The molecule has 80 valence electrons. The molecule has 0 radical (unpaired) electrons. The normalized spacial score (nSPS) is 13.1. The fourth-order valence-electron chi connectivity index (χ4n) is 1.12. The van der Waals surface area contributed by atoms with Crippen molar-refractivity contribution in [3.05, 3.63) is 16.8 Å². The van der Waals surface area contributed by atoms with Crippen LogP contribution in [0.25, 0.3) is 0 Å². The van der Waals surface area contributed by atoms with Crippen molar-refractivity contribution in [3.63, 3.8) is 0 Å². The predicted octanol–water partition coefficient (Wildman–Crippen LogP) is -1.45. The van der Waals surface area contributed by atoms with Gasteiger partial charge in [0, 0.05) is 13.6 Å². The fraction of sp³-hybridized carbons (Fsp3) is 0.750. The van der Waals surface area contributed by atoms with Gasteiger partial charge < -0.3 is 10.4 Å². The maximum atomic E-state index is 11.3. The van der Waals surface area contributed by atoms with Gasteiger partial charge in [-0.15, -0.1) is 0 Å². The highest BCUT2D eigenvalue weighted by Crippen LogP contribution is 1.85. The van der Waals surface area contributed by atoms with Crippen molar-refractivity contribution in [1.82, 2.24) is 19.7 Å². The molecule has 0 aromatic carbocycles. The summed E-state index contributed by atoms with van der Waals surface area (Å²) < 4.78 is 2.63. The van der Waals surface area contributed by atoms with Gasteiger partial charge in [-0.25, -0.2) is 9.48 Å². The average molecular weight is 200 g/mol. The van der Waals surface area contributed by atoms with E-state index in [1.807, 2.05) is 6.92 Å². The van der Waals surface area contributed by atoms with Gasteiger partial charge >= 0.3 is 5.69 Å². The summed E-state index contributed by atoms with van der Waals surface area (Å²) in [7, 11) is 1.63. The van der Waals surface area contributed by atoms with Gasteiger partial charge in [-0.1, -0.05) is 6.92 Å². The van der Waals surface area contributed by atoms with Crippen LogP contribution in [0.1, 0.15) is 6.92 Å². The Morgan fingerprint density at radius 1 is 1.71 bits per heavy atom. The molecule has 1 aromatic rings. The number of aliphatic hydroxyl groups is 1. The average Bonchev–Trinajstić information content (AvgIpc) is 2.46. The number of nitrogens with zero attached hydrogens (tertiary/aromatic N) is 3. The molecule has 0 saturated heterocycles. The molecule has 1 atom stereocenters. The molecule has 0 amide bonds. The van der Waals surface area contributed by atoms with Crippen molar-refractivity contribution in [3.8, 4) is 0 Å². The van der Waals surface area contributed by atoms with Gasteiger partial charge in [0.15, 0.2) is 0 Å². The van der Waals surface area contributed by atoms with Gasteiger partial charge in [0.05, 0.1) is 12.6 Å². The summed E-state index contributed by atoms with van der Waals surface area (Å²) in [6, 6.07) is 0. The first kappa shape index (κ1) is 10.9. The summed E-state index contributed by atoms with van der Waals surface area (Å²) in [6.07, 6.45) is 0.852. The largest absolute Gasteiger partial charge is 0.390 e. The third kappa shape index (κ3) is 2.68. The molecule has 0 aliphatic heterocycles. The minimum absolute atomic E-state index is 0.208. The van der Waals surface area contributed by atoms with E-state index in [2.05, 4.69) is 10.4 Å². The monoisotopic (exact) mass is 200 g/mol. The number of likely N-dealkylation sites (N-methyl/N-ethyl adjacent to an activating group) is 1. The Labute approximate surface area is 82.2 Å². The second-order valence-corrected chi connectivity index (χ2v) is 3.17. The number of aromatic nitrogens is 3. The Morgan fingerprint density at radius 3 is 2.93 bits per heavy atom. The quantitative estimate of drug-likeness (QED) is 0.610. The molecule has 14 heavy (non-hydrogen) atoms. The van der Waals surface area contributed by atoms with Crippen LogP contribution in [-0.4, -0.2) is 38.6 Å². The standard InChI is InChI=1S/C8H16N4O2/c1-3-9-4-7(13)5-12-8(14)11(2)6-10-12/h6-7,9,13H,3-5H2,1-2H3. The van der Waals surface area contributed by atoms with Crippen LogP contribution in [0.2, 0.25) is 0 Å². The summed E-state index contributed by atoms with van der Waals surface area (Å²) >= 11 is 0. The highest BCUT2D eigenvalue weighted by Gasteiger charge is 2.08. The third-order valence-electron chi connectivity index (χ3n) is 1.90. The molecule has 0 aliphatic rings. The summed E-state index contributed by atoms with van der Waals surface area (Å²) in [5.74, 6) is 0. The smallest absolute Gasteiger partial charge is 0.345 e. The van der Waals surface area contributed by atoms with Crippen molar-refractivity contribution < 1.29 is 5.11 Å². The first-order valence-electron chi connectivity index (χ1n) is 4.62. The highest BCUT2D eigenvalue weighted by atomic mass is 16.3. The van der Waals surface area contributed by atoms with Gasteiger partial charge in [-0.3, -0.25) is 4.57 Å². The van der Waals surface area contributed by atoms with Crippen LogP contribution in [0.5, 0.6) is 0 Å². The summed E-state index contributed by atoms with van der Waals surface area (Å²) in [4.78, 5) is 11.3. The topological polar surface area (TPSA) is 72.1 Å². The van der Waals surface area contributed by atoms with Crippen molar-refractivity contribution in [2.45, 2.75) is 19.6 Å². The van der Waals surface area contributed by atoms with E-state index >= 15 is 0 Å². The number of hydrogen-bond acceptors (Lipinski definition) is 4. The van der Waals surface area contributed by atoms with E-state index in [0.717, 1.165) is 6.54 Å². The van der Waals surface area contributed by atoms with Crippen LogP contribution in [0, 0.1) is 0 Å². The lowest BCUT2D eigenvalue weighted by Crippen LogP contribution is -2.34. The van der Waals surface area contributed by atoms with Crippen molar-refractivity contribution in [2.24, 2.45) is 7.05 Å². The molecule has 6 nitrogen and oxygen atoms in total. The van der Waals surface area contributed by atoms with Gasteiger partial charge in [0.25, 0.3) is 0 Å². The molecule has 1 unspecified atom stereocenters. The van der Waals surface area contributed by atoms with E-state index in [1.165, 1.54) is 15.6 Å². The van der Waals surface area contributed by atoms with Crippen molar-refractivity contribution >= 4 is 0 Å². The maximum absolute atomic E-state index is 11.3. The van der Waals surface area contributed by atoms with Gasteiger partial charge in [-0.2, -0.15) is 5.10 Å². The second-order valence-electron chi connectivity index (χ2n) is 3.17. The van der Waals surface area contributed by atoms with Crippen molar-refractivity contribution in [2.75, 3.05) is 13.1 Å².